The van der Waals surface area contributed by atoms with Crippen LogP contribution in [0, 0.1) is 0 Å². The smallest absolute Gasteiger partial charge is 0.256 e. The molecule has 33 heavy (non-hydrogen) atoms. The Morgan fingerprint density at radius 3 is 2.52 bits per heavy atom. The predicted octanol–water partition coefficient (Wildman–Crippen LogP) is 3.94. The first kappa shape index (κ1) is 23.0. The summed E-state index contributed by atoms with van der Waals surface area (Å²) in [6, 6.07) is 4.11. The van der Waals surface area contributed by atoms with Crippen molar-refractivity contribution in [3.63, 3.8) is 0 Å². The molecule has 3 fully saturated rings. The molecule has 4 heterocycles. The lowest BCUT2D eigenvalue weighted by Gasteiger charge is -2.43. The van der Waals surface area contributed by atoms with Crippen molar-refractivity contribution in [2.24, 2.45) is 0 Å². The van der Waals surface area contributed by atoms with Crippen molar-refractivity contribution in [3.05, 3.63) is 23.1 Å². The van der Waals surface area contributed by atoms with Gasteiger partial charge < -0.3 is 19.5 Å². The molecule has 2 bridgehead atoms. The Morgan fingerprint density at radius 2 is 1.79 bits per heavy atom. The highest BCUT2D eigenvalue weighted by Crippen LogP contribution is 2.39. The van der Waals surface area contributed by atoms with Crippen LogP contribution in [0.15, 0.2) is 23.1 Å². The number of fused-ring (bicyclic) bond motifs is 2. The maximum atomic E-state index is 6.00. The highest BCUT2D eigenvalue weighted by molar-refractivity contribution is 9.10. The second kappa shape index (κ2) is 10.7. The lowest BCUT2D eigenvalue weighted by Crippen LogP contribution is -2.52. The summed E-state index contributed by atoms with van der Waals surface area (Å²) in [6.07, 6.45) is 11.8. The number of nitrogens with one attached hydrogen (secondary N) is 1. The Hall–Kier alpha value is -1.75. The van der Waals surface area contributed by atoms with Crippen LogP contribution in [0.3, 0.4) is 0 Å². The molecule has 9 nitrogen and oxygen atoms in total. The molecule has 180 valence electrons. The summed E-state index contributed by atoms with van der Waals surface area (Å²) >= 11 is 3.40. The zero-order chi connectivity index (χ0) is 22.6. The molecular weight excluding hydrogens is 488 g/mol. The third-order valence-corrected chi connectivity index (χ3v) is 7.50. The first-order valence-corrected chi connectivity index (χ1v) is 12.8. The van der Waals surface area contributed by atoms with Crippen LogP contribution in [0.5, 0.6) is 5.88 Å². The van der Waals surface area contributed by atoms with E-state index >= 15 is 0 Å². The Kier molecular flexibility index (Phi) is 7.44. The van der Waals surface area contributed by atoms with Gasteiger partial charge in [0.05, 0.1) is 32.1 Å². The lowest BCUT2D eigenvalue weighted by molar-refractivity contribution is -0.0458. The number of nitrogens with zero attached hydrogens (tertiary/aromatic N) is 5. The number of hydrogen-bond acceptors (Lipinski definition) is 8. The zero-order valence-electron chi connectivity index (χ0n) is 19.2. The van der Waals surface area contributed by atoms with Crippen molar-refractivity contribution in [2.45, 2.75) is 69.1 Å². The Morgan fingerprint density at radius 1 is 1.06 bits per heavy atom. The minimum absolute atomic E-state index is 0.375. The van der Waals surface area contributed by atoms with E-state index in [9.17, 15) is 0 Å². The number of ether oxygens (including phenoxy) is 3. The van der Waals surface area contributed by atoms with Crippen molar-refractivity contribution < 1.29 is 14.2 Å². The third kappa shape index (κ3) is 5.34. The number of rotatable bonds is 9. The van der Waals surface area contributed by atoms with Gasteiger partial charge >= 0.3 is 0 Å². The van der Waals surface area contributed by atoms with Gasteiger partial charge in [-0.2, -0.15) is 0 Å². The van der Waals surface area contributed by atoms with Gasteiger partial charge in [-0.05, 0) is 60.5 Å². The van der Waals surface area contributed by atoms with Gasteiger partial charge in [-0.15, -0.1) is 5.10 Å². The molecule has 0 radical (unpaired) electrons. The molecule has 2 aromatic heterocycles. The number of morpholine rings is 1. The van der Waals surface area contributed by atoms with E-state index in [0.717, 1.165) is 42.8 Å². The average molecular weight is 521 g/mol. The highest BCUT2D eigenvalue weighted by atomic mass is 79.9. The molecule has 0 spiro atoms. The maximum absolute atomic E-state index is 6.00. The molecule has 10 heteroatoms. The Balaban J connectivity index is 1.26. The lowest BCUT2D eigenvalue weighted by atomic mass is 9.89. The van der Waals surface area contributed by atoms with Crippen LogP contribution in [0.1, 0.15) is 51.0 Å². The summed E-state index contributed by atoms with van der Waals surface area (Å²) in [5.41, 5.74) is 0.791. The number of hydrogen-bond donors (Lipinski definition) is 1. The van der Waals surface area contributed by atoms with E-state index in [0.29, 0.717) is 49.2 Å². The van der Waals surface area contributed by atoms with Crippen LogP contribution in [0.4, 0.5) is 11.6 Å². The summed E-state index contributed by atoms with van der Waals surface area (Å²) in [4.78, 5) is 11.5. The van der Waals surface area contributed by atoms with Crippen LogP contribution in [-0.4, -0.2) is 76.3 Å². The zero-order valence-corrected chi connectivity index (χ0v) is 20.7. The highest BCUT2D eigenvalue weighted by Gasteiger charge is 2.42. The van der Waals surface area contributed by atoms with Crippen molar-refractivity contribution in [1.82, 2.24) is 24.6 Å². The molecule has 1 saturated carbocycles. The van der Waals surface area contributed by atoms with Gasteiger partial charge in [-0.1, -0.05) is 0 Å². The van der Waals surface area contributed by atoms with Crippen molar-refractivity contribution in [1.29, 1.82) is 0 Å². The number of methoxy groups -OCH3 is 1. The number of anilines is 2. The molecule has 1 N–H and O–H groups in total. The molecule has 2 atom stereocenters. The second-order valence-corrected chi connectivity index (χ2v) is 10.00. The summed E-state index contributed by atoms with van der Waals surface area (Å²) in [6.45, 7) is 3.02. The number of aromatic nitrogens is 4. The van der Waals surface area contributed by atoms with Gasteiger partial charge in [0.25, 0.3) is 5.88 Å². The van der Waals surface area contributed by atoms with E-state index in [1.165, 1.54) is 25.7 Å². The first-order chi connectivity index (χ1) is 16.2. The van der Waals surface area contributed by atoms with Gasteiger partial charge in [0.15, 0.2) is 0 Å². The standard InChI is InChI=1S/C23H33BrN6O3/c1-31-11-2-12-33-22-20(26-23-25-10-9-21(24)27-23)13-29(28-22)16-3-5-17(6-4-16)30-18-7-8-19(30)15-32-14-18/h9-10,13,16-19H,2-8,11-12,14-15H2,1H3,(H,25,26,27)/t16?,17?,18-,19+. The van der Waals surface area contributed by atoms with Gasteiger partial charge in [-0.25, -0.2) is 9.97 Å². The van der Waals surface area contributed by atoms with E-state index < -0.39 is 0 Å². The second-order valence-electron chi connectivity index (χ2n) is 9.18. The molecule has 2 saturated heterocycles. The van der Waals surface area contributed by atoms with Crippen LogP contribution in [-0.2, 0) is 9.47 Å². The van der Waals surface area contributed by atoms with Crippen molar-refractivity contribution in [3.8, 4) is 5.88 Å². The van der Waals surface area contributed by atoms with E-state index in [-0.39, 0.29) is 0 Å². The summed E-state index contributed by atoms with van der Waals surface area (Å²) in [7, 11) is 1.70. The van der Waals surface area contributed by atoms with E-state index in [2.05, 4.69) is 40.8 Å². The molecule has 2 aromatic rings. The molecule has 2 aliphatic heterocycles. The minimum Gasteiger partial charge on any atom is -0.475 e. The average Bonchev–Trinajstić information content (AvgIpc) is 3.33. The maximum Gasteiger partial charge on any atom is 0.256 e. The van der Waals surface area contributed by atoms with Crippen LogP contribution in [0.25, 0.3) is 0 Å². The van der Waals surface area contributed by atoms with Gasteiger partial charge in [0.2, 0.25) is 5.95 Å². The van der Waals surface area contributed by atoms with Gasteiger partial charge in [-0.3, -0.25) is 9.58 Å². The first-order valence-electron chi connectivity index (χ1n) is 12.0. The van der Waals surface area contributed by atoms with Gasteiger partial charge in [0, 0.05) is 44.5 Å². The number of halogens is 1. The molecular formula is C23H33BrN6O3. The monoisotopic (exact) mass is 520 g/mol. The predicted molar refractivity (Wildman–Crippen MR) is 128 cm³/mol. The largest absolute Gasteiger partial charge is 0.475 e. The topological polar surface area (TPSA) is 86.6 Å². The van der Waals surface area contributed by atoms with Crippen LogP contribution in [0.2, 0.25) is 0 Å². The SMILES string of the molecule is COCCCOc1nn(C2CCC(N3[C@@H]4CC[C@H]3COC4)CC2)cc1Nc1nccc(Br)n1. The summed E-state index contributed by atoms with van der Waals surface area (Å²) in [5.74, 6) is 1.10. The molecule has 0 amide bonds. The van der Waals surface area contributed by atoms with E-state index in [1.54, 1.807) is 19.4 Å². The fourth-order valence-corrected chi connectivity index (χ4v) is 5.81. The summed E-state index contributed by atoms with van der Waals surface area (Å²) < 4.78 is 19.7. The fraction of sp³-hybridized carbons (Fsp3) is 0.696. The molecule has 3 aliphatic rings. The molecule has 5 rings (SSSR count). The van der Waals surface area contributed by atoms with Gasteiger partial charge in [0.1, 0.15) is 10.3 Å². The molecule has 0 aromatic carbocycles. The normalized spacial score (nSPS) is 27.6. The quantitative estimate of drug-likeness (QED) is 0.393. The van der Waals surface area contributed by atoms with E-state index in [4.69, 9.17) is 19.3 Å². The summed E-state index contributed by atoms with van der Waals surface area (Å²) in [5, 5.41) is 8.10. The van der Waals surface area contributed by atoms with Crippen molar-refractivity contribution in [2.75, 3.05) is 38.9 Å². The molecule has 1 aliphatic carbocycles. The Bertz CT molecular complexity index is 903. The minimum atomic E-state index is 0.375. The van der Waals surface area contributed by atoms with Crippen molar-refractivity contribution >= 4 is 27.6 Å². The van der Waals surface area contributed by atoms with Crippen LogP contribution >= 0.6 is 15.9 Å². The Labute approximate surface area is 203 Å². The fourth-order valence-electron chi connectivity index (χ4n) is 5.52. The molecule has 0 unspecified atom stereocenters. The third-order valence-electron chi connectivity index (χ3n) is 7.06. The van der Waals surface area contributed by atoms with Crippen LogP contribution < -0.4 is 10.1 Å². The van der Waals surface area contributed by atoms with E-state index in [1.807, 2.05) is 6.20 Å².